The molecule has 4 heteroatoms. The molecule has 21 heavy (non-hydrogen) atoms. The second-order valence-electron chi connectivity index (χ2n) is 6.19. The lowest BCUT2D eigenvalue weighted by atomic mass is 9.98. The van der Waals surface area contributed by atoms with Crippen LogP contribution in [0.5, 0.6) is 5.75 Å². The van der Waals surface area contributed by atoms with Crippen molar-refractivity contribution in [3.63, 3.8) is 0 Å². The first-order chi connectivity index (χ1) is 10.0. The molecule has 1 aliphatic heterocycles. The summed E-state index contributed by atoms with van der Waals surface area (Å²) in [5.74, 6) is 1.76. The Hall–Kier alpha value is -1.55. The van der Waals surface area contributed by atoms with E-state index in [4.69, 9.17) is 10.5 Å². The van der Waals surface area contributed by atoms with Crippen molar-refractivity contribution >= 4 is 5.91 Å². The molecule has 1 heterocycles. The van der Waals surface area contributed by atoms with Crippen LogP contribution >= 0.6 is 0 Å². The van der Waals surface area contributed by atoms with Crippen LogP contribution in [0.25, 0.3) is 0 Å². The third-order valence-electron chi connectivity index (χ3n) is 4.20. The average molecular weight is 290 g/mol. The van der Waals surface area contributed by atoms with Crippen LogP contribution in [0.3, 0.4) is 0 Å². The zero-order valence-electron chi connectivity index (χ0n) is 13.3. The van der Waals surface area contributed by atoms with Crippen LogP contribution < -0.4 is 10.5 Å². The van der Waals surface area contributed by atoms with Gasteiger partial charge in [0, 0.05) is 13.1 Å². The van der Waals surface area contributed by atoms with Gasteiger partial charge in [-0.25, -0.2) is 0 Å². The normalized spacial score (nSPS) is 18.3. The van der Waals surface area contributed by atoms with Crippen LogP contribution in [0.15, 0.2) is 18.2 Å². The summed E-state index contributed by atoms with van der Waals surface area (Å²) in [4.78, 5) is 14.0. The SMILES string of the molecule is Cc1cc(OCC(=O)N2CC[C@H](CN)C2)ccc1C(C)C. The molecule has 0 radical (unpaired) electrons. The quantitative estimate of drug-likeness (QED) is 0.905. The minimum Gasteiger partial charge on any atom is -0.484 e. The fraction of sp³-hybridized carbons (Fsp3) is 0.588. The van der Waals surface area contributed by atoms with E-state index in [-0.39, 0.29) is 12.5 Å². The number of ether oxygens (including phenoxy) is 1. The molecular weight excluding hydrogens is 264 g/mol. The highest BCUT2D eigenvalue weighted by atomic mass is 16.5. The van der Waals surface area contributed by atoms with Crippen molar-refractivity contribution in [1.29, 1.82) is 0 Å². The molecule has 1 aliphatic rings. The molecule has 1 saturated heterocycles. The smallest absolute Gasteiger partial charge is 0.260 e. The molecule has 0 saturated carbocycles. The number of carbonyl (C=O) groups excluding carboxylic acids is 1. The first kappa shape index (κ1) is 15.8. The average Bonchev–Trinajstić information content (AvgIpc) is 2.93. The van der Waals surface area contributed by atoms with E-state index in [1.54, 1.807) is 0 Å². The zero-order valence-corrected chi connectivity index (χ0v) is 13.3. The van der Waals surface area contributed by atoms with Crippen molar-refractivity contribution in [3.05, 3.63) is 29.3 Å². The molecule has 1 aromatic carbocycles. The number of likely N-dealkylation sites (tertiary alicyclic amines) is 1. The van der Waals surface area contributed by atoms with E-state index in [2.05, 4.69) is 26.8 Å². The van der Waals surface area contributed by atoms with Crippen molar-refractivity contribution in [2.75, 3.05) is 26.2 Å². The number of hydrogen-bond acceptors (Lipinski definition) is 3. The van der Waals surface area contributed by atoms with Crippen LogP contribution in [0.4, 0.5) is 0 Å². The van der Waals surface area contributed by atoms with E-state index in [0.717, 1.165) is 25.3 Å². The molecule has 116 valence electrons. The molecule has 0 aliphatic carbocycles. The van der Waals surface area contributed by atoms with Crippen molar-refractivity contribution < 1.29 is 9.53 Å². The van der Waals surface area contributed by atoms with Gasteiger partial charge in [0.2, 0.25) is 0 Å². The predicted octanol–water partition coefficient (Wildman–Crippen LogP) is 2.30. The second-order valence-corrected chi connectivity index (χ2v) is 6.19. The first-order valence-corrected chi connectivity index (χ1v) is 7.72. The number of amides is 1. The van der Waals surface area contributed by atoms with Gasteiger partial charge in [0.1, 0.15) is 5.75 Å². The summed E-state index contributed by atoms with van der Waals surface area (Å²) in [7, 11) is 0. The summed E-state index contributed by atoms with van der Waals surface area (Å²) in [6.07, 6.45) is 1.00. The highest BCUT2D eigenvalue weighted by molar-refractivity contribution is 5.78. The molecule has 0 aromatic heterocycles. The molecule has 2 rings (SSSR count). The van der Waals surface area contributed by atoms with Crippen LogP contribution in [0.1, 0.15) is 37.3 Å². The van der Waals surface area contributed by atoms with Gasteiger partial charge < -0.3 is 15.4 Å². The fourth-order valence-electron chi connectivity index (χ4n) is 2.87. The summed E-state index contributed by atoms with van der Waals surface area (Å²) in [6.45, 7) is 8.76. The second kappa shape index (κ2) is 6.94. The monoisotopic (exact) mass is 290 g/mol. The van der Waals surface area contributed by atoms with Crippen molar-refractivity contribution in [3.8, 4) is 5.75 Å². The van der Waals surface area contributed by atoms with Gasteiger partial charge in [0.15, 0.2) is 6.61 Å². The third-order valence-corrected chi connectivity index (χ3v) is 4.20. The number of nitrogens with zero attached hydrogens (tertiary/aromatic N) is 1. The third kappa shape index (κ3) is 3.97. The molecular formula is C17H26N2O2. The molecule has 2 N–H and O–H groups in total. The van der Waals surface area contributed by atoms with Crippen LogP contribution in [0, 0.1) is 12.8 Å². The Morgan fingerprint density at radius 1 is 1.48 bits per heavy atom. The maximum atomic E-state index is 12.1. The lowest BCUT2D eigenvalue weighted by Gasteiger charge is -2.17. The summed E-state index contributed by atoms with van der Waals surface area (Å²) in [6, 6.07) is 6.04. The summed E-state index contributed by atoms with van der Waals surface area (Å²) in [5, 5.41) is 0. The zero-order chi connectivity index (χ0) is 15.4. The maximum Gasteiger partial charge on any atom is 0.260 e. The first-order valence-electron chi connectivity index (χ1n) is 7.72. The molecule has 1 amide bonds. The van der Waals surface area contributed by atoms with E-state index in [0.29, 0.717) is 18.4 Å². The van der Waals surface area contributed by atoms with Crippen molar-refractivity contribution in [2.45, 2.75) is 33.1 Å². The van der Waals surface area contributed by atoms with Gasteiger partial charge in [-0.2, -0.15) is 0 Å². The Morgan fingerprint density at radius 3 is 2.81 bits per heavy atom. The highest BCUT2D eigenvalue weighted by Crippen LogP contribution is 2.23. The Kier molecular flexibility index (Phi) is 5.23. The molecule has 1 fully saturated rings. The Labute approximate surface area is 127 Å². The number of rotatable bonds is 5. The van der Waals surface area contributed by atoms with E-state index < -0.39 is 0 Å². The summed E-state index contributed by atoms with van der Waals surface area (Å²) in [5.41, 5.74) is 8.17. The van der Waals surface area contributed by atoms with Gasteiger partial charge in [-0.05, 0) is 55.0 Å². The molecule has 1 atom stereocenters. The highest BCUT2D eigenvalue weighted by Gasteiger charge is 2.25. The standard InChI is InChI=1S/C17H26N2O2/c1-12(2)16-5-4-15(8-13(16)3)21-11-17(20)19-7-6-14(9-18)10-19/h4-5,8,12,14H,6-7,9-11,18H2,1-3H3/t14-/m1/s1. The minimum atomic E-state index is 0.0524. The summed E-state index contributed by atoms with van der Waals surface area (Å²) >= 11 is 0. The van der Waals surface area contributed by atoms with Gasteiger partial charge in [0.05, 0.1) is 0 Å². The lowest BCUT2D eigenvalue weighted by Crippen LogP contribution is -2.33. The maximum absolute atomic E-state index is 12.1. The minimum absolute atomic E-state index is 0.0524. The Balaban J connectivity index is 1.88. The Morgan fingerprint density at radius 2 is 2.24 bits per heavy atom. The van der Waals surface area contributed by atoms with E-state index >= 15 is 0 Å². The van der Waals surface area contributed by atoms with Gasteiger partial charge in [-0.1, -0.05) is 19.9 Å². The summed E-state index contributed by atoms with van der Waals surface area (Å²) < 4.78 is 5.64. The van der Waals surface area contributed by atoms with E-state index in [9.17, 15) is 4.79 Å². The molecule has 0 bridgehead atoms. The topological polar surface area (TPSA) is 55.6 Å². The fourth-order valence-corrected chi connectivity index (χ4v) is 2.87. The van der Waals surface area contributed by atoms with Crippen LogP contribution in [0.2, 0.25) is 0 Å². The van der Waals surface area contributed by atoms with Gasteiger partial charge >= 0.3 is 0 Å². The molecule has 4 nitrogen and oxygen atoms in total. The number of benzene rings is 1. The molecule has 0 unspecified atom stereocenters. The number of carbonyl (C=O) groups is 1. The van der Waals surface area contributed by atoms with Gasteiger partial charge in [-0.3, -0.25) is 4.79 Å². The van der Waals surface area contributed by atoms with Crippen molar-refractivity contribution in [2.24, 2.45) is 11.7 Å². The van der Waals surface area contributed by atoms with Gasteiger partial charge in [0.25, 0.3) is 5.91 Å². The van der Waals surface area contributed by atoms with E-state index in [1.807, 2.05) is 17.0 Å². The number of hydrogen-bond donors (Lipinski definition) is 1. The predicted molar refractivity (Wildman–Crippen MR) is 84.5 cm³/mol. The van der Waals surface area contributed by atoms with Crippen LogP contribution in [-0.2, 0) is 4.79 Å². The Bertz CT molecular complexity index is 500. The number of aryl methyl sites for hydroxylation is 1. The molecule has 1 aromatic rings. The molecule has 0 spiro atoms. The largest absolute Gasteiger partial charge is 0.484 e. The van der Waals surface area contributed by atoms with Crippen LogP contribution in [-0.4, -0.2) is 37.0 Å². The van der Waals surface area contributed by atoms with Gasteiger partial charge in [-0.15, -0.1) is 0 Å². The van der Waals surface area contributed by atoms with Crippen molar-refractivity contribution in [1.82, 2.24) is 4.90 Å². The number of nitrogens with two attached hydrogens (primary N) is 1. The van der Waals surface area contributed by atoms with E-state index in [1.165, 1.54) is 11.1 Å². The lowest BCUT2D eigenvalue weighted by molar-refractivity contribution is -0.132.